The minimum atomic E-state index is -0.906. The molecule has 4 heteroatoms. The van der Waals surface area contributed by atoms with Crippen LogP contribution in [0.25, 0.3) is 0 Å². The molecule has 0 aromatic heterocycles. The lowest BCUT2D eigenvalue weighted by atomic mass is 10.0. The lowest BCUT2D eigenvalue weighted by Gasteiger charge is -2.16. The molecule has 1 aliphatic rings. The Bertz CT molecular complexity index is 721. The van der Waals surface area contributed by atoms with Crippen LogP contribution in [0.2, 0.25) is 0 Å². The van der Waals surface area contributed by atoms with Crippen molar-refractivity contribution in [2.24, 2.45) is 5.41 Å². The highest BCUT2D eigenvalue weighted by atomic mass is 16.2. The Morgan fingerprint density at radius 1 is 0.957 bits per heavy atom. The molecule has 23 heavy (non-hydrogen) atoms. The largest absolute Gasteiger partial charge is 0.351 e. The molecule has 0 heterocycles. The van der Waals surface area contributed by atoms with E-state index in [9.17, 15) is 9.59 Å². The quantitative estimate of drug-likeness (QED) is 0.834. The van der Waals surface area contributed by atoms with E-state index in [0.29, 0.717) is 19.4 Å². The molecule has 0 unspecified atom stereocenters. The predicted octanol–water partition coefficient (Wildman–Crippen LogP) is 3.03. The van der Waals surface area contributed by atoms with Crippen molar-refractivity contribution in [3.05, 3.63) is 65.7 Å². The molecule has 2 aromatic carbocycles. The van der Waals surface area contributed by atoms with Crippen molar-refractivity contribution in [3.63, 3.8) is 0 Å². The first-order chi connectivity index (χ1) is 11.1. The molecular weight excluding hydrogens is 288 g/mol. The second-order valence-corrected chi connectivity index (χ2v) is 6.02. The van der Waals surface area contributed by atoms with Crippen LogP contribution >= 0.6 is 0 Å². The third-order valence-electron chi connectivity index (χ3n) is 4.31. The zero-order valence-corrected chi connectivity index (χ0v) is 13.1. The molecule has 1 saturated carbocycles. The number of hydrogen-bond acceptors (Lipinski definition) is 2. The topological polar surface area (TPSA) is 58.2 Å². The SMILES string of the molecule is Cc1ccccc1NC(=O)C1(C(=O)NCc2ccccc2)CC1. The van der Waals surface area contributed by atoms with Gasteiger partial charge in [0.2, 0.25) is 11.8 Å². The Kier molecular flexibility index (Phi) is 4.15. The van der Waals surface area contributed by atoms with Crippen LogP contribution in [-0.4, -0.2) is 11.8 Å². The maximum absolute atomic E-state index is 12.5. The van der Waals surface area contributed by atoms with Gasteiger partial charge in [-0.2, -0.15) is 0 Å². The third kappa shape index (κ3) is 3.26. The average molecular weight is 308 g/mol. The Morgan fingerprint density at radius 2 is 1.61 bits per heavy atom. The van der Waals surface area contributed by atoms with Gasteiger partial charge in [-0.3, -0.25) is 9.59 Å². The van der Waals surface area contributed by atoms with Gasteiger partial charge in [0.05, 0.1) is 0 Å². The fourth-order valence-electron chi connectivity index (χ4n) is 2.58. The number of para-hydroxylation sites is 1. The number of anilines is 1. The molecule has 0 spiro atoms. The van der Waals surface area contributed by atoms with Gasteiger partial charge in [0.15, 0.2) is 0 Å². The number of hydrogen-bond donors (Lipinski definition) is 2. The van der Waals surface area contributed by atoms with Crippen LogP contribution in [0.1, 0.15) is 24.0 Å². The van der Waals surface area contributed by atoms with E-state index >= 15 is 0 Å². The van der Waals surface area contributed by atoms with Gasteiger partial charge in [0.1, 0.15) is 5.41 Å². The number of carbonyl (C=O) groups excluding carboxylic acids is 2. The van der Waals surface area contributed by atoms with Crippen LogP contribution in [0, 0.1) is 12.3 Å². The molecule has 0 atom stereocenters. The summed E-state index contributed by atoms with van der Waals surface area (Å²) in [7, 11) is 0. The molecule has 0 radical (unpaired) electrons. The number of rotatable bonds is 5. The molecule has 0 bridgehead atoms. The Labute approximate surface area is 135 Å². The summed E-state index contributed by atoms with van der Waals surface area (Å²) in [6, 6.07) is 17.3. The monoisotopic (exact) mass is 308 g/mol. The summed E-state index contributed by atoms with van der Waals surface area (Å²) in [5.41, 5.74) is 1.87. The zero-order chi connectivity index (χ0) is 16.3. The first kappa shape index (κ1) is 15.3. The van der Waals surface area contributed by atoms with Crippen LogP contribution in [0.5, 0.6) is 0 Å². The normalized spacial score (nSPS) is 14.8. The number of carbonyl (C=O) groups is 2. The Balaban J connectivity index is 1.63. The zero-order valence-electron chi connectivity index (χ0n) is 13.1. The Hall–Kier alpha value is -2.62. The van der Waals surface area contributed by atoms with Crippen molar-refractivity contribution in [2.75, 3.05) is 5.32 Å². The number of amides is 2. The molecular formula is C19H20N2O2. The van der Waals surface area contributed by atoms with E-state index in [0.717, 1.165) is 16.8 Å². The van der Waals surface area contributed by atoms with Crippen LogP contribution in [-0.2, 0) is 16.1 Å². The van der Waals surface area contributed by atoms with Crippen molar-refractivity contribution in [2.45, 2.75) is 26.3 Å². The number of aryl methyl sites for hydroxylation is 1. The average Bonchev–Trinajstić information content (AvgIpc) is 3.38. The summed E-state index contributed by atoms with van der Waals surface area (Å²) < 4.78 is 0. The second kappa shape index (κ2) is 6.24. The van der Waals surface area contributed by atoms with Gasteiger partial charge in [-0.05, 0) is 37.0 Å². The van der Waals surface area contributed by atoms with Gasteiger partial charge in [-0.15, -0.1) is 0 Å². The molecule has 3 rings (SSSR count). The van der Waals surface area contributed by atoms with Gasteiger partial charge in [-0.25, -0.2) is 0 Å². The van der Waals surface area contributed by atoms with Crippen LogP contribution < -0.4 is 10.6 Å². The maximum atomic E-state index is 12.5. The smallest absolute Gasteiger partial charge is 0.240 e. The van der Waals surface area contributed by atoms with Crippen LogP contribution in [0.4, 0.5) is 5.69 Å². The van der Waals surface area contributed by atoms with E-state index in [-0.39, 0.29) is 11.8 Å². The van der Waals surface area contributed by atoms with Crippen molar-refractivity contribution < 1.29 is 9.59 Å². The van der Waals surface area contributed by atoms with E-state index in [1.807, 2.05) is 61.5 Å². The fourth-order valence-corrected chi connectivity index (χ4v) is 2.58. The van der Waals surface area contributed by atoms with E-state index in [2.05, 4.69) is 10.6 Å². The lowest BCUT2D eigenvalue weighted by molar-refractivity contribution is -0.134. The summed E-state index contributed by atoms with van der Waals surface area (Å²) in [6.07, 6.45) is 1.21. The van der Waals surface area contributed by atoms with E-state index in [4.69, 9.17) is 0 Å². The van der Waals surface area contributed by atoms with Gasteiger partial charge in [0.25, 0.3) is 0 Å². The highest BCUT2D eigenvalue weighted by molar-refractivity contribution is 6.13. The van der Waals surface area contributed by atoms with Crippen molar-refractivity contribution in [1.82, 2.24) is 5.32 Å². The van der Waals surface area contributed by atoms with Crippen LogP contribution in [0.15, 0.2) is 54.6 Å². The summed E-state index contributed by atoms with van der Waals surface area (Å²) in [5.74, 6) is -0.398. The highest BCUT2D eigenvalue weighted by Gasteiger charge is 2.56. The summed E-state index contributed by atoms with van der Waals surface area (Å²) in [4.78, 5) is 25.0. The van der Waals surface area contributed by atoms with E-state index < -0.39 is 5.41 Å². The molecule has 2 aromatic rings. The lowest BCUT2D eigenvalue weighted by Crippen LogP contribution is -2.39. The third-order valence-corrected chi connectivity index (χ3v) is 4.31. The summed E-state index contributed by atoms with van der Waals surface area (Å²) in [5, 5.41) is 5.78. The van der Waals surface area contributed by atoms with Gasteiger partial charge < -0.3 is 10.6 Å². The highest BCUT2D eigenvalue weighted by Crippen LogP contribution is 2.47. The molecule has 4 nitrogen and oxygen atoms in total. The Morgan fingerprint density at radius 3 is 2.26 bits per heavy atom. The number of nitrogens with one attached hydrogen (secondary N) is 2. The van der Waals surface area contributed by atoms with Crippen molar-refractivity contribution >= 4 is 17.5 Å². The molecule has 118 valence electrons. The molecule has 1 aliphatic carbocycles. The molecule has 2 N–H and O–H groups in total. The summed E-state index contributed by atoms with van der Waals surface area (Å²) >= 11 is 0. The first-order valence-electron chi connectivity index (χ1n) is 7.81. The van der Waals surface area contributed by atoms with Crippen molar-refractivity contribution in [3.8, 4) is 0 Å². The fraction of sp³-hybridized carbons (Fsp3) is 0.263. The first-order valence-corrected chi connectivity index (χ1v) is 7.81. The molecule has 1 fully saturated rings. The van der Waals surface area contributed by atoms with Gasteiger partial charge >= 0.3 is 0 Å². The second-order valence-electron chi connectivity index (χ2n) is 6.02. The standard InChI is InChI=1S/C19H20N2O2/c1-14-7-5-6-10-16(14)21-18(23)19(11-12-19)17(22)20-13-15-8-3-2-4-9-15/h2-10H,11-13H2,1H3,(H,20,22)(H,21,23). The summed E-state index contributed by atoms with van der Waals surface area (Å²) in [6.45, 7) is 2.38. The minimum absolute atomic E-state index is 0.188. The molecule has 0 saturated heterocycles. The van der Waals surface area contributed by atoms with Gasteiger partial charge in [0, 0.05) is 12.2 Å². The predicted molar refractivity (Wildman–Crippen MR) is 89.8 cm³/mol. The molecule has 0 aliphatic heterocycles. The minimum Gasteiger partial charge on any atom is -0.351 e. The van der Waals surface area contributed by atoms with E-state index in [1.165, 1.54) is 0 Å². The van der Waals surface area contributed by atoms with Crippen molar-refractivity contribution in [1.29, 1.82) is 0 Å². The maximum Gasteiger partial charge on any atom is 0.240 e. The number of benzene rings is 2. The van der Waals surface area contributed by atoms with Crippen LogP contribution in [0.3, 0.4) is 0 Å². The van der Waals surface area contributed by atoms with E-state index in [1.54, 1.807) is 0 Å². The molecule has 2 amide bonds. The van der Waals surface area contributed by atoms with Gasteiger partial charge in [-0.1, -0.05) is 48.5 Å².